The Bertz CT molecular complexity index is 741. The van der Waals surface area contributed by atoms with Crippen LogP contribution in [0.5, 0.6) is 5.75 Å². The van der Waals surface area contributed by atoms with Gasteiger partial charge in [-0.15, -0.1) is 0 Å². The molecule has 0 aliphatic rings. The molecule has 6 heteroatoms. The van der Waals surface area contributed by atoms with Gasteiger partial charge in [0.2, 0.25) is 0 Å². The fourth-order valence-electron chi connectivity index (χ4n) is 2.16. The monoisotopic (exact) mass is 342 g/mol. The lowest BCUT2D eigenvalue weighted by Gasteiger charge is -2.16. The van der Waals surface area contributed by atoms with Crippen LogP contribution in [0.1, 0.15) is 17.3 Å². The third kappa shape index (κ3) is 4.73. The Balaban J connectivity index is 1.99. The summed E-state index contributed by atoms with van der Waals surface area (Å²) < 4.78 is 10.4. The number of esters is 1. The Hall–Kier alpha value is -3.02. The second kappa shape index (κ2) is 8.19. The summed E-state index contributed by atoms with van der Waals surface area (Å²) in [6.45, 7) is 1.52. The number of carbonyl (C=O) groups excluding carboxylic acids is 2. The van der Waals surface area contributed by atoms with Gasteiger partial charge in [0.1, 0.15) is 5.75 Å². The summed E-state index contributed by atoms with van der Waals surface area (Å²) in [5, 5.41) is 2.69. The number of carbonyl (C=O) groups is 2. The number of hydrogen-bond donors (Lipinski definition) is 1. The average molecular weight is 342 g/mol. The summed E-state index contributed by atoms with van der Waals surface area (Å²) in [5.74, 6) is -0.440. The van der Waals surface area contributed by atoms with Crippen LogP contribution in [0.25, 0.3) is 0 Å². The molecular weight excluding hydrogens is 320 g/mol. The van der Waals surface area contributed by atoms with E-state index in [2.05, 4.69) is 5.32 Å². The van der Waals surface area contributed by atoms with Crippen molar-refractivity contribution < 1.29 is 19.1 Å². The van der Waals surface area contributed by atoms with Crippen molar-refractivity contribution in [1.82, 2.24) is 0 Å². The summed E-state index contributed by atoms with van der Waals surface area (Å²) >= 11 is 0. The molecule has 0 aliphatic carbocycles. The van der Waals surface area contributed by atoms with Crippen molar-refractivity contribution in [2.24, 2.45) is 0 Å². The van der Waals surface area contributed by atoms with Gasteiger partial charge in [0, 0.05) is 19.8 Å². The Kier molecular flexibility index (Phi) is 6.00. The fraction of sp³-hybridized carbons (Fsp3) is 0.263. The molecule has 0 saturated heterocycles. The lowest BCUT2D eigenvalue weighted by Crippen LogP contribution is -2.30. The van der Waals surface area contributed by atoms with E-state index in [0.717, 1.165) is 5.69 Å². The second-order valence-electron chi connectivity index (χ2n) is 5.68. The second-order valence-corrected chi connectivity index (χ2v) is 5.68. The normalized spacial score (nSPS) is 11.4. The van der Waals surface area contributed by atoms with Crippen molar-refractivity contribution >= 4 is 23.3 Å². The van der Waals surface area contributed by atoms with E-state index in [0.29, 0.717) is 17.0 Å². The maximum atomic E-state index is 12.2. The molecule has 0 unspecified atom stereocenters. The van der Waals surface area contributed by atoms with E-state index in [-0.39, 0.29) is 0 Å². The van der Waals surface area contributed by atoms with Gasteiger partial charge in [0.25, 0.3) is 5.91 Å². The molecule has 0 radical (unpaired) electrons. The van der Waals surface area contributed by atoms with Crippen LogP contribution in [0.4, 0.5) is 11.4 Å². The third-order valence-corrected chi connectivity index (χ3v) is 3.64. The number of nitrogens with one attached hydrogen (secondary N) is 1. The SMILES string of the molecule is COc1ccccc1NC(=O)[C@@H](C)OC(=O)c1ccc(N(C)C)cc1. The summed E-state index contributed by atoms with van der Waals surface area (Å²) in [6, 6.07) is 14.0. The highest BCUT2D eigenvalue weighted by molar-refractivity contribution is 5.98. The smallest absolute Gasteiger partial charge is 0.338 e. The zero-order valence-electron chi connectivity index (χ0n) is 14.8. The molecule has 6 nitrogen and oxygen atoms in total. The molecule has 2 aromatic carbocycles. The van der Waals surface area contributed by atoms with E-state index >= 15 is 0 Å². The third-order valence-electron chi connectivity index (χ3n) is 3.64. The topological polar surface area (TPSA) is 67.9 Å². The largest absolute Gasteiger partial charge is 0.495 e. The molecule has 132 valence electrons. The maximum Gasteiger partial charge on any atom is 0.338 e. The van der Waals surface area contributed by atoms with Gasteiger partial charge in [-0.1, -0.05) is 12.1 Å². The molecule has 1 amide bonds. The Morgan fingerprint density at radius 2 is 1.68 bits per heavy atom. The maximum absolute atomic E-state index is 12.2. The first kappa shape index (κ1) is 18.3. The predicted octanol–water partition coefficient (Wildman–Crippen LogP) is 2.95. The number of anilines is 2. The number of rotatable bonds is 6. The van der Waals surface area contributed by atoms with Crippen LogP contribution in [-0.4, -0.2) is 39.2 Å². The highest BCUT2D eigenvalue weighted by atomic mass is 16.5. The van der Waals surface area contributed by atoms with Crippen LogP contribution in [0.2, 0.25) is 0 Å². The minimum absolute atomic E-state index is 0.391. The number of para-hydroxylation sites is 2. The lowest BCUT2D eigenvalue weighted by molar-refractivity contribution is -0.123. The summed E-state index contributed by atoms with van der Waals surface area (Å²) in [6.07, 6.45) is -0.939. The number of benzene rings is 2. The molecule has 0 aromatic heterocycles. The summed E-state index contributed by atoms with van der Waals surface area (Å²) in [5.41, 5.74) is 1.88. The summed E-state index contributed by atoms with van der Waals surface area (Å²) in [7, 11) is 5.35. The molecule has 0 aliphatic heterocycles. The van der Waals surface area contributed by atoms with Crippen LogP contribution in [0.3, 0.4) is 0 Å². The average Bonchev–Trinajstić information content (AvgIpc) is 2.62. The quantitative estimate of drug-likeness (QED) is 0.818. The highest BCUT2D eigenvalue weighted by Crippen LogP contribution is 2.23. The zero-order chi connectivity index (χ0) is 18.4. The number of nitrogens with zero attached hydrogens (tertiary/aromatic N) is 1. The van der Waals surface area contributed by atoms with E-state index in [1.165, 1.54) is 14.0 Å². The fourth-order valence-corrected chi connectivity index (χ4v) is 2.16. The molecule has 0 saturated carbocycles. The first-order valence-corrected chi connectivity index (χ1v) is 7.84. The van der Waals surface area contributed by atoms with E-state index in [1.54, 1.807) is 36.4 Å². The van der Waals surface area contributed by atoms with E-state index < -0.39 is 18.0 Å². The van der Waals surface area contributed by atoms with Crippen molar-refractivity contribution in [2.75, 3.05) is 31.4 Å². The Morgan fingerprint density at radius 1 is 1.04 bits per heavy atom. The van der Waals surface area contributed by atoms with Gasteiger partial charge in [-0.05, 0) is 43.3 Å². The minimum atomic E-state index is -0.939. The molecular formula is C19H22N2O4. The van der Waals surface area contributed by atoms with Crippen LogP contribution in [0.15, 0.2) is 48.5 Å². The van der Waals surface area contributed by atoms with Crippen molar-refractivity contribution in [3.8, 4) is 5.75 Å². The van der Waals surface area contributed by atoms with Gasteiger partial charge in [-0.3, -0.25) is 4.79 Å². The van der Waals surface area contributed by atoms with Gasteiger partial charge in [-0.25, -0.2) is 4.79 Å². The van der Waals surface area contributed by atoms with Crippen molar-refractivity contribution in [3.63, 3.8) is 0 Å². The number of hydrogen-bond acceptors (Lipinski definition) is 5. The minimum Gasteiger partial charge on any atom is -0.495 e. The van der Waals surface area contributed by atoms with Gasteiger partial charge in [0.05, 0.1) is 18.4 Å². The predicted molar refractivity (Wildman–Crippen MR) is 97.3 cm³/mol. The van der Waals surface area contributed by atoms with Gasteiger partial charge in [-0.2, -0.15) is 0 Å². The van der Waals surface area contributed by atoms with Crippen LogP contribution >= 0.6 is 0 Å². The number of amides is 1. The lowest BCUT2D eigenvalue weighted by atomic mass is 10.2. The highest BCUT2D eigenvalue weighted by Gasteiger charge is 2.20. The molecule has 25 heavy (non-hydrogen) atoms. The Morgan fingerprint density at radius 3 is 2.28 bits per heavy atom. The first-order valence-electron chi connectivity index (χ1n) is 7.84. The van der Waals surface area contributed by atoms with Crippen LogP contribution in [0, 0.1) is 0 Å². The molecule has 0 fully saturated rings. The molecule has 0 heterocycles. The number of ether oxygens (including phenoxy) is 2. The van der Waals surface area contributed by atoms with Crippen molar-refractivity contribution in [3.05, 3.63) is 54.1 Å². The van der Waals surface area contributed by atoms with E-state index in [1.807, 2.05) is 31.1 Å². The first-order chi connectivity index (χ1) is 11.9. The molecule has 1 N–H and O–H groups in total. The molecule has 1 atom stereocenters. The summed E-state index contributed by atoms with van der Waals surface area (Å²) in [4.78, 5) is 26.3. The van der Waals surface area contributed by atoms with Crippen LogP contribution in [-0.2, 0) is 9.53 Å². The van der Waals surface area contributed by atoms with E-state index in [9.17, 15) is 9.59 Å². The molecule has 2 rings (SSSR count). The van der Waals surface area contributed by atoms with Crippen LogP contribution < -0.4 is 15.0 Å². The van der Waals surface area contributed by atoms with Crippen molar-refractivity contribution in [1.29, 1.82) is 0 Å². The van der Waals surface area contributed by atoms with Gasteiger partial charge in [0.15, 0.2) is 6.10 Å². The Labute approximate surface area is 147 Å². The zero-order valence-corrected chi connectivity index (χ0v) is 14.8. The molecule has 0 spiro atoms. The van der Waals surface area contributed by atoms with Gasteiger partial charge >= 0.3 is 5.97 Å². The number of methoxy groups -OCH3 is 1. The molecule has 0 bridgehead atoms. The van der Waals surface area contributed by atoms with E-state index in [4.69, 9.17) is 9.47 Å². The standard InChI is InChI=1S/C19H22N2O4/c1-13(18(22)20-16-7-5-6-8-17(16)24-4)25-19(23)14-9-11-15(12-10-14)21(2)3/h5-13H,1-4H3,(H,20,22)/t13-/m1/s1. The molecule has 2 aromatic rings. The van der Waals surface area contributed by atoms with Gasteiger partial charge < -0.3 is 19.7 Å². The van der Waals surface area contributed by atoms with Crippen molar-refractivity contribution in [2.45, 2.75) is 13.0 Å².